The van der Waals surface area contributed by atoms with E-state index in [9.17, 15) is 9.18 Å². The minimum absolute atomic E-state index is 0.0253. The monoisotopic (exact) mass is 194 g/mol. The number of carboxylic acids is 1. The van der Waals surface area contributed by atoms with Crippen molar-refractivity contribution in [3.8, 4) is 18.1 Å². The fraction of sp³-hybridized carbons (Fsp3) is 0.100. The molecule has 0 unspecified atom stereocenters. The van der Waals surface area contributed by atoms with Gasteiger partial charge in [-0.05, 0) is 12.1 Å². The summed E-state index contributed by atoms with van der Waals surface area (Å²) in [5.74, 6) is 0.421. The highest BCUT2D eigenvalue weighted by Gasteiger charge is 2.07. The van der Waals surface area contributed by atoms with E-state index < -0.39 is 11.8 Å². The van der Waals surface area contributed by atoms with Crippen molar-refractivity contribution < 1.29 is 19.0 Å². The number of hydrogen-bond donors (Lipinski definition) is 1. The van der Waals surface area contributed by atoms with E-state index in [2.05, 4.69) is 5.92 Å². The SMILES string of the molecule is C#CCOc1cc(F)cc(C(=O)O)c1. The normalized spacial score (nSPS) is 9.14. The zero-order valence-electron chi connectivity index (χ0n) is 7.16. The molecular formula is C10H7FO3. The number of carboxylic acid groups (broad SMARTS) is 1. The van der Waals surface area contributed by atoms with Gasteiger partial charge in [-0.25, -0.2) is 9.18 Å². The second kappa shape index (κ2) is 4.28. The molecule has 72 valence electrons. The maximum absolute atomic E-state index is 12.8. The van der Waals surface area contributed by atoms with E-state index in [0.717, 1.165) is 12.1 Å². The van der Waals surface area contributed by atoms with Crippen LogP contribution in [0.5, 0.6) is 5.75 Å². The summed E-state index contributed by atoms with van der Waals surface area (Å²) in [4.78, 5) is 10.5. The lowest BCUT2D eigenvalue weighted by Crippen LogP contribution is -2.00. The van der Waals surface area contributed by atoms with Gasteiger partial charge in [-0.1, -0.05) is 5.92 Å². The molecule has 0 aliphatic carbocycles. The molecule has 0 saturated carbocycles. The molecule has 0 atom stereocenters. The van der Waals surface area contributed by atoms with Gasteiger partial charge >= 0.3 is 5.97 Å². The molecule has 1 rings (SSSR count). The molecule has 0 spiro atoms. The van der Waals surface area contributed by atoms with Crippen LogP contribution < -0.4 is 4.74 Å². The zero-order chi connectivity index (χ0) is 10.6. The van der Waals surface area contributed by atoms with E-state index in [1.54, 1.807) is 0 Å². The Morgan fingerprint density at radius 1 is 1.57 bits per heavy atom. The third-order valence-corrected chi connectivity index (χ3v) is 1.44. The number of aromatic carboxylic acids is 1. The summed E-state index contributed by atoms with van der Waals surface area (Å²) in [6, 6.07) is 3.19. The van der Waals surface area contributed by atoms with Crippen molar-refractivity contribution >= 4 is 5.97 Å². The van der Waals surface area contributed by atoms with Crippen LogP contribution in [0.25, 0.3) is 0 Å². The summed E-state index contributed by atoms with van der Waals surface area (Å²) in [6.07, 6.45) is 4.93. The van der Waals surface area contributed by atoms with Crippen molar-refractivity contribution in [1.82, 2.24) is 0 Å². The van der Waals surface area contributed by atoms with E-state index in [-0.39, 0.29) is 17.9 Å². The number of halogens is 1. The van der Waals surface area contributed by atoms with Crippen LogP contribution in [0, 0.1) is 18.2 Å². The summed E-state index contributed by atoms with van der Waals surface area (Å²) < 4.78 is 17.7. The van der Waals surface area contributed by atoms with Gasteiger partial charge in [0.2, 0.25) is 0 Å². The van der Waals surface area contributed by atoms with Gasteiger partial charge in [0.1, 0.15) is 18.2 Å². The molecule has 0 aliphatic rings. The summed E-state index contributed by atoms with van der Waals surface area (Å²) in [7, 11) is 0. The summed E-state index contributed by atoms with van der Waals surface area (Å²) in [6.45, 7) is -0.0253. The Morgan fingerprint density at radius 3 is 2.86 bits per heavy atom. The van der Waals surface area contributed by atoms with E-state index in [4.69, 9.17) is 16.3 Å². The average molecular weight is 194 g/mol. The Hall–Kier alpha value is -2.02. The lowest BCUT2D eigenvalue weighted by molar-refractivity contribution is 0.0696. The van der Waals surface area contributed by atoms with Gasteiger partial charge in [0.05, 0.1) is 5.56 Å². The molecule has 0 saturated heterocycles. The summed E-state index contributed by atoms with van der Waals surface area (Å²) in [5, 5.41) is 8.60. The third kappa shape index (κ3) is 2.49. The van der Waals surface area contributed by atoms with E-state index in [0.29, 0.717) is 0 Å². The minimum Gasteiger partial charge on any atom is -0.481 e. The van der Waals surface area contributed by atoms with Crippen LogP contribution in [0.3, 0.4) is 0 Å². The molecule has 3 nitrogen and oxygen atoms in total. The second-order valence-corrected chi connectivity index (χ2v) is 2.47. The van der Waals surface area contributed by atoms with Crippen LogP contribution in [0.1, 0.15) is 10.4 Å². The number of benzene rings is 1. The Kier molecular flexibility index (Phi) is 3.08. The first kappa shape index (κ1) is 10.1. The molecule has 0 aromatic heterocycles. The van der Waals surface area contributed by atoms with Gasteiger partial charge in [-0.15, -0.1) is 6.42 Å². The fourth-order valence-corrected chi connectivity index (χ4v) is 0.895. The third-order valence-electron chi connectivity index (χ3n) is 1.44. The summed E-state index contributed by atoms with van der Waals surface area (Å²) in [5.41, 5.74) is -0.169. The predicted molar refractivity (Wildman–Crippen MR) is 47.7 cm³/mol. The van der Waals surface area contributed by atoms with Crippen LogP contribution in [0.2, 0.25) is 0 Å². The van der Waals surface area contributed by atoms with Crippen LogP contribution in [0.4, 0.5) is 4.39 Å². The van der Waals surface area contributed by atoms with Crippen molar-refractivity contribution in [2.45, 2.75) is 0 Å². The van der Waals surface area contributed by atoms with Crippen molar-refractivity contribution in [2.24, 2.45) is 0 Å². The minimum atomic E-state index is -1.21. The van der Waals surface area contributed by atoms with Gasteiger partial charge in [0, 0.05) is 6.07 Å². The van der Waals surface area contributed by atoms with Crippen molar-refractivity contribution in [3.63, 3.8) is 0 Å². The Labute approximate surface area is 80.1 Å². The van der Waals surface area contributed by atoms with E-state index >= 15 is 0 Å². The first-order valence-electron chi connectivity index (χ1n) is 3.73. The molecule has 1 N–H and O–H groups in total. The molecule has 0 aliphatic heterocycles. The van der Waals surface area contributed by atoms with Crippen LogP contribution in [-0.4, -0.2) is 17.7 Å². The maximum atomic E-state index is 12.8. The molecule has 0 heterocycles. The number of carbonyl (C=O) groups is 1. The lowest BCUT2D eigenvalue weighted by Gasteiger charge is -2.03. The highest BCUT2D eigenvalue weighted by molar-refractivity contribution is 5.88. The van der Waals surface area contributed by atoms with Gasteiger partial charge in [0.15, 0.2) is 0 Å². The van der Waals surface area contributed by atoms with Gasteiger partial charge in [-0.2, -0.15) is 0 Å². The molecule has 0 amide bonds. The van der Waals surface area contributed by atoms with Crippen molar-refractivity contribution in [1.29, 1.82) is 0 Å². The molecule has 0 fully saturated rings. The average Bonchev–Trinajstić information content (AvgIpc) is 2.14. The second-order valence-electron chi connectivity index (χ2n) is 2.47. The highest BCUT2D eigenvalue weighted by Crippen LogP contribution is 2.16. The fourth-order valence-electron chi connectivity index (χ4n) is 0.895. The Bertz CT molecular complexity index is 393. The van der Waals surface area contributed by atoms with Crippen LogP contribution >= 0.6 is 0 Å². The molecular weight excluding hydrogens is 187 g/mol. The largest absolute Gasteiger partial charge is 0.481 e. The van der Waals surface area contributed by atoms with Gasteiger partial charge < -0.3 is 9.84 Å². The first-order valence-corrected chi connectivity index (χ1v) is 3.73. The van der Waals surface area contributed by atoms with E-state index in [1.165, 1.54) is 6.07 Å². The number of terminal acetylenes is 1. The molecule has 1 aromatic carbocycles. The maximum Gasteiger partial charge on any atom is 0.335 e. The highest BCUT2D eigenvalue weighted by atomic mass is 19.1. The number of rotatable bonds is 3. The Morgan fingerprint density at radius 2 is 2.29 bits per heavy atom. The smallest absolute Gasteiger partial charge is 0.335 e. The van der Waals surface area contributed by atoms with Crippen LogP contribution in [-0.2, 0) is 0 Å². The number of ether oxygens (including phenoxy) is 1. The quantitative estimate of drug-likeness (QED) is 0.742. The molecule has 0 bridgehead atoms. The predicted octanol–water partition coefficient (Wildman–Crippen LogP) is 1.54. The number of hydrogen-bond acceptors (Lipinski definition) is 2. The molecule has 4 heteroatoms. The summed E-state index contributed by atoms with van der Waals surface area (Å²) >= 11 is 0. The molecule has 0 radical (unpaired) electrons. The molecule has 14 heavy (non-hydrogen) atoms. The lowest BCUT2D eigenvalue weighted by atomic mass is 10.2. The Balaban J connectivity index is 2.96. The standard InChI is InChI=1S/C10H7FO3/c1-2-3-14-9-5-7(10(12)13)4-8(11)6-9/h1,4-6H,3H2,(H,12,13). The van der Waals surface area contributed by atoms with Crippen LogP contribution in [0.15, 0.2) is 18.2 Å². The van der Waals surface area contributed by atoms with E-state index in [1.807, 2.05) is 0 Å². The van der Waals surface area contributed by atoms with Crippen molar-refractivity contribution in [3.05, 3.63) is 29.6 Å². The molecule has 1 aromatic rings. The first-order chi connectivity index (χ1) is 6.63. The van der Waals surface area contributed by atoms with Gasteiger partial charge in [0.25, 0.3) is 0 Å². The zero-order valence-corrected chi connectivity index (χ0v) is 7.16. The van der Waals surface area contributed by atoms with Gasteiger partial charge in [-0.3, -0.25) is 0 Å². The topological polar surface area (TPSA) is 46.5 Å². The van der Waals surface area contributed by atoms with Crippen molar-refractivity contribution in [2.75, 3.05) is 6.61 Å².